The minimum Gasteiger partial charge on any atom is -0.493 e. The largest absolute Gasteiger partial charge is 0.493 e. The van der Waals surface area contributed by atoms with Gasteiger partial charge in [-0.3, -0.25) is 14.5 Å². The van der Waals surface area contributed by atoms with Gasteiger partial charge in [0.15, 0.2) is 11.5 Å². The van der Waals surface area contributed by atoms with E-state index in [1.807, 2.05) is 12.1 Å². The van der Waals surface area contributed by atoms with Crippen LogP contribution in [-0.4, -0.2) is 62.5 Å². The molecule has 6 nitrogen and oxygen atoms in total. The van der Waals surface area contributed by atoms with Gasteiger partial charge in [-0.05, 0) is 55.8 Å². The maximum absolute atomic E-state index is 12.4. The molecule has 0 radical (unpaired) electrons. The minimum atomic E-state index is -0.188. The highest BCUT2D eigenvalue weighted by Gasteiger charge is 2.34. The topological polar surface area (TPSA) is 59.1 Å². The van der Waals surface area contributed by atoms with Crippen molar-refractivity contribution in [3.63, 3.8) is 0 Å². The molecule has 0 aliphatic carbocycles. The van der Waals surface area contributed by atoms with E-state index in [0.29, 0.717) is 23.6 Å². The summed E-state index contributed by atoms with van der Waals surface area (Å²) in [4.78, 5) is 28.4. The van der Waals surface area contributed by atoms with Gasteiger partial charge in [0.1, 0.15) is 0 Å². The van der Waals surface area contributed by atoms with Crippen molar-refractivity contribution in [2.45, 2.75) is 19.3 Å². The number of imide groups is 1. The number of fused-ring (bicyclic) bond motifs is 1. The summed E-state index contributed by atoms with van der Waals surface area (Å²) in [6.07, 6.45) is 0.737. The van der Waals surface area contributed by atoms with Gasteiger partial charge in [0.25, 0.3) is 11.8 Å². The third kappa shape index (κ3) is 4.43. The lowest BCUT2D eigenvalue weighted by molar-refractivity contribution is 0.0648. The van der Waals surface area contributed by atoms with Gasteiger partial charge in [0.2, 0.25) is 0 Å². The number of hydrogen-bond acceptors (Lipinski definition) is 5. The summed E-state index contributed by atoms with van der Waals surface area (Å²) in [5.74, 6) is 1.38. The minimum absolute atomic E-state index is 0.188. The van der Waals surface area contributed by atoms with Crippen molar-refractivity contribution in [1.29, 1.82) is 0 Å². The average molecular weight is 396 g/mol. The molecule has 2 aromatic carbocycles. The fraction of sp³-hybridized carbons (Fsp3) is 0.391. The van der Waals surface area contributed by atoms with Crippen molar-refractivity contribution in [3.05, 3.63) is 59.2 Å². The van der Waals surface area contributed by atoms with Crippen LogP contribution >= 0.6 is 0 Å². The van der Waals surface area contributed by atoms with Crippen LogP contribution in [-0.2, 0) is 0 Å². The second-order valence-electron chi connectivity index (χ2n) is 7.44. The molecule has 6 heteroatoms. The summed E-state index contributed by atoms with van der Waals surface area (Å²) in [5.41, 5.74) is 2.19. The lowest BCUT2D eigenvalue weighted by Gasteiger charge is -2.23. The second kappa shape index (κ2) is 9.09. The lowest BCUT2D eigenvalue weighted by Crippen LogP contribution is -2.33. The normalized spacial score (nSPS) is 14.3. The fourth-order valence-electron chi connectivity index (χ4n) is 3.76. The maximum atomic E-state index is 12.4. The number of carbonyl (C=O) groups is 2. The summed E-state index contributed by atoms with van der Waals surface area (Å²) in [7, 11) is 5.32. The van der Waals surface area contributed by atoms with E-state index in [1.165, 1.54) is 10.5 Å². The Kier molecular flexibility index (Phi) is 6.54. The molecule has 2 aromatic rings. The van der Waals surface area contributed by atoms with Crippen LogP contribution in [0.2, 0.25) is 0 Å². The molecule has 0 saturated heterocycles. The molecule has 1 heterocycles. The molecular formula is C23H28N2O4. The van der Waals surface area contributed by atoms with Gasteiger partial charge in [-0.15, -0.1) is 0 Å². The molecule has 0 spiro atoms. The Morgan fingerprint density at radius 1 is 0.966 bits per heavy atom. The monoisotopic (exact) mass is 396 g/mol. The van der Waals surface area contributed by atoms with E-state index in [4.69, 9.17) is 9.47 Å². The average Bonchev–Trinajstić information content (AvgIpc) is 2.98. The number of nitrogens with zero attached hydrogens (tertiary/aromatic N) is 2. The molecule has 2 amide bonds. The predicted octanol–water partition coefficient (Wildman–Crippen LogP) is 3.43. The predicted molar refractivity (Wildman–Crippen MR) is 112 cm³/mol. The van der Waals surface area contributed by atoms with E-state index in [-0.39, 0.29) is 11.8 Å². The number of carbonyl (C=O) groups excluding carboxylic acids is 2. The number of amides is 2. The second-order valence-corrected chi connectivity index (χ2v) is 7.44. The van der Waals surface area contributed by atoms with Crippen molar-refractivity contribution < 1.29 is 19.1 Å². The number of methoxy groups -OCH3 is 2. The van der Waals surface area contributed by atoms with E-state index in [0.717, 1.165) is 31.0 Å². The Balaban J connectivity index is 1.51. The quantitative estimate of drug-likeness (QED) is 0.608. The van der Waals surface area contributed by atoms with Crippen LogP contribution in [0.1, 0.15) is 45.5 Å². The van der Waals surface area contributed by atoms with Gasteiger partial charge >= 0.3 is 0 Å². The van der Waals surface area contributed by atoms with Gasteiger partial charge in [0.05, 0.1) is 25.3 Å². The Labute approximate surface area is 172 Å². The molecule has 0 N–H and O–H groups in total. The number of benzene rings is 2. The highest BCUT2D eigenvalue weighted by molar-refractivity contribution is 6.21. The number of rotatable bonds is 9. The third-order valence-electron chi connectivity index (χ3n) is 5.36. The van der Waals surface area contributed by atoms with Gasteiger partial charge in [-0.25, -0.2) is 0 Å². The first-order chi connectivity index (χ1) is 14.0. The molecule has 0 aromatic heterocycles. The van der Waals surface area contributed by atoms with Crippen molar-refractivity contribution in [3.8, 4) is 11.5 Å². The van der Waals surface area contributed by atoms with Gasteiger partial charge in [0, 0.05) is 13.1 Å². The lowest BCUT2D eigenvalue weighted by atomic mass is 10.00. The van der Waals surface area contributed by atoms with Gasteiger partial charge in [-0.2, -0.15) is 0 Å². The molecule has 1 unspecified atom stereocenters. The Hall–Kier alpha value is -2.86. The number of ether oxygens (including phenoxy) is 2. The van der Waals surface area contributed by atoms with E-state index >= 15 is 0 Å². The van der Waals surface area contributed by atoms with Gasteiger partial charge in [-0.1, -0.05) is 25.1 Å². The zero-order chi connectivity index (χ0) is 21.0. The molecule has 1 aliphatic rings. The van der Waals surface area contributed by atoms with Crippen molar-refractivity contribution >= 4 is 11.8 Å². The summed E-state index contributed by atoms with van der Waals surface area (Å²) in [6, 6.07) is 13.0. The van der Waals surface area contributed by atoms with Crippen LogP contribution < -0.4 is 9.47 Å². The van der Waals surface area contributed by atoms with E-state index in [9.17, 15) is 9.59 Å². The fourth-order valence-corrected chi connectivity index (χ4v) is 3.76. The summed E-state index contributed by atoms with van der Waals surface area (Å²) >= 11 is 0. The first-order valence-corrected chi connectivity index (χ1v) is 9.82. The molecule has 0 bridgehead atoms. The van der Waals surface area contributed by atoms with E-state index < -0.39 is 0 Å². The molecule has 154 valence electrons. The molecule has 0 saturated carbocycles. The molecule has 0 fully saturated rings. The Bertz CT molecular complexity index is 861. The molecule has 1 aliphatic heterocycles. The van der Waals surface area contributed by atoms with Crippen LogP contribution in [0.25, 0.3) is 0 Å². The molecule has 3 rings (SSSR count). The first-order valence-electron chi connectivity index (χ1n) is 9.82. The third-order valence-corrected chi connectivity index (χ3v) is 5.36. The molecule has 1 atom stereocenters. The van der Waals surface area contributed by atoms with Crippen LogP contribution in [0.5, 0.6) is 11.5 Å². The highest BCUT2D eigenvalue weighted by atomic mass is 16.5. The Morgan fingerprint density at radius 3 is 2.17 bits per heavy atom. The summed E-state index contributed by atoms with van der Waals surface area (Å²) in [6.45, 7) is 4.26. The van der Waals surface area contributed by atoms with Gasteiger partial charge < -0.3 is 14.4 Å². The van der Waals surface area contributed by atoms with E-state index in [1.54, 1.807) is 38.5 Å². The zero-order valence-electron chi connectivity index (χ0n) is 17.5. The zero-order valence-corrected chi connectivity index (χ0v) is 17.5. The number of likely N-dealkylation sites (N-methyl/N-ethyl adjacent to an activating group) is 1. The summed E-state index contributed by atoms with van der Waals surface area (Å²) < 4.78 is 10.7. The highest BCUT2D eigenvalue weighted by Crippen LogP contribution is 2.30. The van der Waals surface area contributed by atoms with Crippen LogP contribution in [0, 0.1) is 0 Å². The maximum Gasteiger partial charge on any atom is 0.261 e. The summed E-state index contributed by atoms with van der Waals surface area (Å²) in [5, 5.41) is 0. The standard InChI is InChI=1S/C23H28N2O4/c1-16(17-10-11-20(28-3)21(14-17)29-4)15-24(2)12-7-13-25-22(26)18-8-5-6-9-19(18)23(25)27/h5-6,8-11,14,16H,7,12-13,15H2,1-4H3. The molecular weight excluding hydrogens is 368 g/mol. The van der Waals surface area contributed by atoms with Crippen molar-refractivity contribution in [1.82, 2.24) is 9.80 Å². The van der Waals surface area contributed by atoms with Crippen molar-refractivity contribution in [2.75, 3.05) is 40.9 Å². The van der Waals surface area contributed by atoms with E-state index in [2.05, 4.69) is 24.9 Å². The van der Waals surface area contributed by atoms with Crippen molar-refractivity contribution in [2.24, 2.45) is 0 Å². The molecule has 29 heavy (non-hydrogen) atoms. The smallest absolute Gasteiger partial charge is 0.261 e. The van der Waals surface area contributed by atoms with Crippen LogP contribution in [0.15, 0.2) is 42.5 Å². The van der Waals surface area contributed by atoms with Crippen LogP contribution in [0.4, 0.5) is 0 Å². The Morgan fingerprint density at radius 2 is 1.59 bits per heavy atom. The first kappa shape index (κ1) is 20.9. The van der Waals surface area contributed by atoms with Crippen LogP contribution in [0.3, 0.4) is 0 Å². The SMILES string of the molecule is COc1ccc(C(C)CN(C)CCCN2C(=O)c3ccccc3C2=O)cc1OC. The number of hydrogen-bond donors (Lipinski definition) is 0.